The third-order valence-electron chi connectivity index (χ3n) is 2.71. The Morgan fingerprint density at radius 3 is 2.87 bits per heavy atom. The molecule has 15 heavy (non-hydrogen) atoms. The molecule has 0 amide bonds. The maximum atomic E-state index is 9.78. The Morgan fingerprint density at radius 1 is 1.53 bits per heavy atom. The molecular formula is C11H24N2O2. The van der Waals surface area contributed by atoms with E-state index in [0.29, 0.717) is 12.6 Å². The molecular weight excluding hydrogens is 192 g/mol. The number of rotatable bonds is 5. The Balaban J connectivity index is 2.20. The monoisotopic (exact) mass is 216 g/mol. The molecule has 0 aliphatic carbocycles. The number of β-amino-alcohol motifs (C(OH)–C–C–N with tert-alkyl or cyclic N) is 1. The summed E-state index contributed by atoms with van der Waals surface area (Å²) in [6.07, 6.45) is -0.173. The number of aliphatic hydroxyl groups excluding tert-OH is 1. The summed E-state index contributed by atoms with van der Waals surface area (Å²) in [6, 6.07) is 0.507. The van der Waals surface area contributed by atoms with Crippen LogP contribution < -0.4 is 5.32 Å². The molecule has 2 atom stereocenters. The zero-order valence-corrected chi connectivity index (χ0v) is 10.1. The summed E-state index contributed by atoms with van der Waals surface area (Å²) in [4.78, 5) is 2.31. The summed E-state index contributed by atoms with van der Waals surface area (Å²) in [5.74, 6) is 0. The molecule has 1 rings (SSSR count). The van der Waals surface area contributed by atoms with Gasteiger partial charge in [0.15, 0.2) is 0 Å². The molecule has 0 bridgehead atoms. The highest BCUT2D eigenvalue weighted by Gasteiger charge is 2.20. The van der Waals surface area contributed by atoms with E-state index >= 15 is 0 Å². The van der Waals surface area contributed by atoms with Gasteiger partial charge in [-0.25, -0.2) is 0 Å². The lowest BCUT2D eigenvalue weighted by molar-refractivity contribution is -0.0155. The van der Waals surface area contributed by atoms with Gasteiger partial charge in [-0.1, -0.05) is 0 Å². The van der Waals surface area contributed by atoms with Crippen LogP contribution in [0.2, 0.25) is 0 Å². The molecule has 0 aromatic heterocycles. The molecule has 1 aliphatic rings. The first kappa shape index (κ1) is 12.9. The molecule has 0 spiro atoms. The largest absolute Gasteiger partial charge is 0.389 e. The van der Waals surface area contributed by atoms with Gasteiger partial charge in [0, 0.05) is 32.2 Å². The van der Waals surface area contributed by atoms with Gasteiger partial charge in [0.2, 0.25) is 0 Å². The molecule has 1 saturated heterocycles. The first-order valence-corrected chi connectivity index (χ1v) is 5.84. The van der Waals surface area contributed by atoms with Gasteiger partial charge in [0.05, 0.1) is 18.8 Å². The van der Waals surface area contributed by atoms with Crippen LogP contribution in [0.5, 0.6) is 0 Å². The van der Waals surface area contributed by atoms with Gasteiger partial charge in [-0.15, -0.1) is 0 Å². The molecule has 1 fully saturated rings. The molecule has 0 saturated carbocycles. The number of hydrogen-bond acceptors (Lipinski definition) is 4. The molecule has 1 heterocycles. The molecule has 4 heteroatoms. The average molecular weight is 216 g/mol. The number of nitrogens with one attached hydrogen (secondary N) is 1. The summed E-state index contributed by atoms with van der Waals surface area (Å²) < 4.78 is 5.39. The third-order valence-corrected chi connectivity index (χ3v) is 2.71. The van der Waals surface area contributed by atoms with Gasteiger partial charge in [-0.05, 0) is 20.8 Å². The molecule has 0 radical (unpaired) electrons. The maximum absolute atomic E-state index is 9.78. The standard InChI is InChI=1S/C11H24N2O2/c1-9(2)15-8-11(14)7-13-5-4-12-6-10(13)3/h9-12,14H,4-8H2,1-3H3. The minimum atomic E-state index is -0.368. The lowest BCUT2D eigenvalue weighted by Gasteiger charge is -2.35. The van der Waals surface area contributed by atoms with Gasteiger partial charge in [-0.3, -0.25) is 4.90 Å². The second-order valence-corrected chi connectivity index (χ2v) is 4.58. The van der Waals surface area contributed by atoms with Crippen molar-refractivity contribution >= 4 is 0 Å². The Morgan fingerprint density at radius 2 is 2.27 bits per heavy atom. The van der Waals surface area contributed by atoms with Crippen LogP contribution in [0.1, 0.15) is 20.8 Å². The minimum Gasteiger partial charge on any atom is -0.389 e. The van der Waals surface area contributed by atoms with Crippen molar-refractivity contribution in [1.29, 1.82) is 0 Å². The summed E-state index contributed by atoms with van der Waals surface area (Å²) in [6.45, 7) is 10.4. The highest BCUT2D eigenvalue weighted by Crippen LogP contribution is 2.04. The fraction of sp³-hybridized carbons (Fsp3) is 1.00. The van der Waals surface area contributed by atoms with E-state index in [-0.39, 0.29) is 12.2 Å². The van der Waals surface area contributed by atoms with Crippen molar-refractivity contribution in [3.8, 4) is 0 Å². The van der Waals surface area contributed by atoms with Gasteiger partial charge in [0.1, 0.15) is 0 Å². The number of hydrogen-bond donors (Lipinski definition) is 2. The zero-order valence-electron chi connectivity index (χ0n) is 10.1. The second-order valence-electron chi connectivity index (χ2n) is 4.58. The topological polar surface area (TPSA) is 44.7 Å². The van der Waals surface area contributed by atoms with Crippen molar-refractivity contribution in [2.45, 2.75) is 39.0 Å². The fourth-order valence-corrected chi connectivity index (χ4v) is 1.78. The normalized spacial score (nSPS) is 25.8. The first-order chi connectivity index (χ1) is 7.09. The van der Waals surface area contributed by atoms with Crippen molar-refractivity contribution in [3.63, 3.8) is 0 Å². The Labute approximate surface area is 92.6 Å². The van der Waals surface area contributed by atoms with E-state index in [0.717, 1.165) is 26.2 Å². The van der Waals surface area contributed by atoms with Crippen LogP contribution in [0.25, 0.3) is 0 Å². The van der Waals surface area contributed by atoms with Crippen LogP contribution >= 0.6 is 0 Å². The molecule has 2 N–H and O–H groups in total. The summed E-state index contributed by atoms with van der Waals surface area (Å²) in [5, 5.41) is 13.1. The summed E-state index contributed by atoms with van der Waals surface area (Å²) >= 11 is 0. The highest BCUT2D eigenvalue weighted by molar-refractivity contribution is 4.77. The van der Waals surface area contributed by atoms with Crippen LogP contribution in [0.4, 0.5) is 0 Å². The first-order valence-electron chi connectivity index (χ1n) is 5.84. The van der Waals surface area contributed by atoms with E-state index in [9.17, 15) is 5.11 Å². The van der Waals surface area contributed by atoms with Crippen molar-refractivity contribution in [3.05, 3.63) is 0 Å². The lowest BCUT2D eigenvalue weighted by atomic mass is 10.2. The Bertz CT molecular complexity index is 176. The molecule has 90 valence electrons. The van der Waals surface area contributed by atoms with Crippen LogP contribution in [0, 0.1) is 0 Å². The molecule has 2 unspecified atom stereocenters. The fourth-order valence-electron chi connectivity index (χ4n) is 1.78. The quantitative estimate of drug-likeness (QED) is 0.682. The average Bonchev–Trinajstić information content (AvgIpc) is 2.18. The van der Waals surface area contributed by atoms with Gasteiger partial charge in [-0.2, -0.15) is 0 Å². The van der Waals surface area contributed by atoms with Crippen molar-refractivity contribution in [2.75, 3.05) is 32.8 Å². The van der Waals surface area contributed by atoms with Crippen LogP contribution in [-0.2, 0) is 4.74 Å². The number of ether oxygens (including phenoxy) is 1. The van der Waals surface area contributed by atoms with E-state index < -0.39 is 0 Å². The Hall–Kier alpha value is -0.160. The Kier molecular flexibility index (Phi) is 5.53. The molecule has 0 aromatic rings. The van der Waals surface area contributed by atoms with Gasteiger partial charge >= 0.3 is 0 Å². The highest BCUT2D eigenvalue weighted by atomic mass is 16.5. The van der Waals surface area contributed by atoms with Crippen molar-refractivity contribution in [2.24, 2.45) is 0 Å². The minimum absolute atomic E-state index is 0.195. The van der Waals surface area contributed by atoms with Crippen molar-refractivity contribution in [1.82, 2.24) is 10.2 Å². The van der Waals surface area contributed by atoms with E-state index in [1.54, 1.807) is 0 Å². The summed E-state index contributed by atoms with van der Waals surface area (Å²) in [7, 11) is 0. The SMILES string of the molecule is CC(C)OCC(O)CN1CCNCC1C. The smallest absolute Gasteiger partial charge is 0.0900 e. The van der Waals surface area contributed by atoms with E-state index in [2.05, 4.69) is 17.1 Å². The zero-order chi connectivity index (χ0) is 11.3. The van der Waals surface area contributed by atoms with Crippen LogP contribution in [-0.4, -0.2) is 61.0 Å². The summed E-state index contributed by atoms with van der Waals surface area (Å²) in [5.41, 5.74) is 0. The van der Waals surface area contributed by atoms with E-state index in [4.69, 9.17) is 4.74 Å². The predicted octanol–water partition coefficient (Wildman–Crippen LogP) is 0.0660. The van der Waals surface area contributed by atoms with E-state index in [1.165, 1.54) is 0 Å². The van der Waals surface area contributed by atoms with Gasteiger partial charge in [0.25, 0.3) is 0 Å². The number of aliphatic hydroxyl groups is 1. The lowest BCUT2D eigenvalue weighted by Crippen LogP contribution is -2.52. The van der Waals surface area contributed by atoms with Gasteiger partial charge < -0.3 is 15.2 Å². The van der Waals surface area contributed by atoms with Crippen molar-refractivity contribution < 1.29 is 9.84 Å². The maximum Gasteiger partial charge on any atom is 0.0900 e. The molecule has 4 nitrogen and oxygen atoms in total. The number of piperazine rings is 1. The second kappa shape index (κ2) is 6.43. The van der Waals surface area contributed by atoms with E-state index in [1.807, 2.05) is 13.8 Å². The molecule has 0 aromatic carbocycles. The van der Waals surface area contributed by atoms with Crippen LogP contribution in [0.3, 0.4) is 0 Å². The molecule has 1 aliphatic heterocycles. The van der Waals surface area contributed by atoms with Crippen LogP contribution in [0.15, 0.2) is 0 Å². The number of nitrogens with zero attached hydrogens (tertiary/aromatic N) is 1. The third kappa shape index (κ3) is 4.93. The predicted molar refractivity (Wildman–Crippen MR) is 61.0 cm³/mol.